The molecule has 3 rings (SSSR count). The number of sulfonamides is 1. The van der Waals surface area contributed by atoms with Gasteiger partial charge in [-0.05, 0) is 50.6 Å². The molecule has 0 saturated heterocycles. The molecule has 2 aromatic carbocycles. The Hall–Kier alpha value is -2.91. The molecule has 0 atom stereocenters. The fraction of sp³-hybridized carbons (Fsp3) is 0.273. The molecule has 9 heteroatoms. The molecular weight excluding hydrogens is 434 g/mol. The van der Waals surface area contributed by atoms with Gasteiger partial charge in [-0.2, -0.15) is 0 Å². The minimum atomic E-state index is -3.53. The number of ether oxygens (including phenoxy) is 1. The third-order valence-electron chi connectivity index (χ3n) is 4.46. The third kappa shape index (κ3) is 5.83. The Morgan fingerprint density at radius 1 is 1.19 bits per heavy atom. The Morgan fingerprint density at radius 3 is 2.68 bits per heavy atom. The standard InChI is InChI=1S/C22H25N3O4S2/c1-4-29-20-9-8-18(25-31(27,28)15(2)3)13-19(20)21(26)24-14-16-6-5-7-17(12-16)22-23-10-11-30-22/h5-13,15,25H,4,14H2,1-3H3,(H,24,26). The number of carbonyl (C=O) groups excluding carboxylic acids is 1. The molecule has 0 aliphatic carbocycles. The number of nitrogens with zero attached hydrogens (tertiary/aromatic N) is 1. The molecule has 0 unspecified atom stereocenters. The summed E-state index contributed by atoms with van der Waals surface area (Å²) in [6, 6.07) is 12.5. The Kier molecular flexibility index (Phi) is 7.29. The van der Waals surface area contributed by atoms with Crippen molar-refractivity contribution in [2.75, 3.05) is 11.3 Å². The van der Waals surface area contributed by atoms with Crippen molar-refractivity contribution in [2.24, 2.45) is 0 Å². The van der Waals surface area contributed by atoms with E-state index in [-0.39, 0.29) is 11.5 Å². The Labute approximate surface area is 186 Å². The Morgan fingerprint density at radius 2 is 2.00 bits per heavy atom. The number of thiazole rings is 1. The normalized spacial score (nSPS) is 11.4. The second-order valence-corrected chi connectivity index (χ2v) is 10.2. The zero-order chi connectivity index (χ0) is 22.4. The zero-order valence-corrected chi connectivity index (χ0v) is 19.2. The van der Waals surface area contributed by atoms with Gasteiger partial charge in [-0.25, -0.2) is 13.4 Å². The van der Waals surface area contributed by atoms with Crippen LogP contribution in [0.1, 0.15) is 36.7 Å². The summed E-state index contributed by atoms with van der Waals surface area (Å²) < 4.78 is 32.4. The first kappa shape index (κ1) is 22.8. The van der Waals surface area contributed by atoms with E-state index >= 15 is 0 Å². The summed E-state index contributed by atoms with van der Waals surface area (Å²) in [4.78, 5) is 17.2. The van der Waals surface area contributed by atoms with Crippen LogP contribution in [-0.2, 0) is 16.6 Å². The number of hydrogen-bond donors (Lipinski definition) is 2. The molecule has 0 spiro atoms. The van der Waals surface area contributed by atoms with E-state index in [0.29, 0.717) is 24.6 Å². The van der Waals surface area contributed by atoms with E-state index in [1.54, 1.807) is 43.5 Å². The predicted octanol–water partition coefficient (Wildman–Crippen LogP) is 4.29. The van der Waals surface area contributed by atoms with Gasteiger partial charge >= 0.3 is 0 Å². The second kappa shape index (κ2) is 9.93. The molecule has 31 heavy (non-hydrogen) atoms. The highest BCUT2D eigenvalue weighted by Gasteiger charge is 2.19. The molecule has 0 aliphatic heterocycles. The lowest BCUT2D eigenvalue weighted by Gasteiger charge is -2.15. The van der Waals surface area contributed by atoms with Crippen LogP contribution in [0.5, 0.6) is 5.75 Å². The lowest BCUT2D eigenvalue weighted by molar-refractivity contribution is 0.0947. The molecular formula is C22H25N3O4S2. The minimum Gasteiger partial charge on any atom is -0.493 e. The number of carbonyl (C=O) groups is 1. The largest absolute Gasteiger partial charge is 0.493 e. The lowest BCUT2D eigenvalue weighted by Crippen LogP contribution is -2.25. The monoisotopic (exact) mass is 459 g/mol. The summed E-state index contributed by atoms with van der Waals surface area (Å²) in [6.07, 6.45) is 1.75. The van der Waals surface area contributed by atoms with Crippen molar-refractivity contribution >= 4 is 33.0 Å². The summed E-state index contributed by atoms with van der Waals surface area (Å²) >= 11 is 1.55. The number of hydrogen-bond acceptors (Lipinski definition) is 6. The van der Waals surface area contributed by atoms with Crippen LogP contribution in [0.3, 0.4) is 0 Å². The van der Waals surface area contributed by atoms with Crippen molar-refractivity contribution in [3.8, 4) is 16.3 Å². The first-order valence-corrected chi connectivity index (χ1v) is 12.3. The van der Waals surface area contributed by atoms with Gasteiger partial charge in [0.05, 0.1) is 17.4 Å². The highest BCUT2D eigenvalue weighted by Crippen LogP contribution is 2.25. The van der Waals surface area contributed by atoms with E-state index in [2.05, 4.69) is 15.0 Å². The predicted molar refractivity (Wildman–Crippen MR) is 124 cm³/mol. The van der Waals surface area contributed by atoms with Gasteiger partial charge < -0.3 is 10.1 Å². The maximum absolute atomic E-state index is 12.9. The molecule has 0 fully saturated rings. The summed E-state index contributed by atoms with van der Waals surface area (Å²) in [6.45, 7) is 5.69. The highest BCUT2D eigenvalue weighted by molar-refractivity contribution is 7.93. The van der Waals surface area contributed by atoms with Crippen LogP contribution in [0.15, 0.2) is 54.0 Å². The van der Waals surface area contributed by atoms with Gasteiger partial charge in [-0.1, -0.05) is 18.2 Å². The van der Waals surface area contributed by atoms with Gasteiger partial charge in [0.2, 0.25) is 10.0 Å². The van der Waals surface area contributed by atoms with Crippen LogP contribution in [0.4, 0.5) is 5.69 Å². The van der Waals surface area contributed by atoms with Gasteiger partial charge in [-0.15, -0.1) is 11.3 Å². The maximum atomic E-state index is 12.9. The van der Waals surface area contributed by atoms with Gasteiger partial charge in [0.25, 0.3) is 5.91 Å². The molecule has 1 aromatic heterocycles. The summed E-state index contributed by atoms with van der Waals surface area (Å²) in [7, 11) is -3.53. The maximum Gasteiger partial charge on any atom is 0.255 e. The number of benzene rings is 2. The molecule has 0 radical (unpaired) electrons. The van der Waals surface area contributed by atoms with Gasteiger partial charge in [0.15, 0.2) is 0 Å². The van der Waals surface area contributed by atoms with E-state index < -0.39 is 15.3 Å². The zero-order valence-electron chi connectivity index (χ0n) is 17.6. The van der Waals surface area contributed by atoms with Gasteiger partial charge in [-0.3, -0.25) is 9.52 Å². The van der Waals surface area contributed by atoms with Crippen molar-refractivity contribution in [3.05, 3.63) is 65.2 Å². The number of anilines is 1. The van der Waals surface area contributed by atoms with Crippen LogP contribution >= 0.6 is 11.3 Å². The number of amides is 1. The molecule has 0 bridgehead atoms. The molecule has 0 saturated carbocycles. The van der Waals surface area contributed by atoms with E-state index in [9.17, 15) is 13.2 Å². The molecule has 1 amide bonds. The van der Waals surface area contributed by atoms with Crippen molar-refractivity contribution < 1.29 is 17.9 Å². The average molecular weight is 460 g/mol. The first-order chi connectivity index (χ1) is 14.8. The number of rotatable bonds is 9. The van der Waals surface area contributed by atoms with Crippen LogP contribution in [-0.4, -0.2) is 31.2 Å². The summed E-state index contributed by atoms with van der Waals surface area (Å²) in [5, 5.41) is 5.12. The minimum absolute atomic E-state index is 0.266. The van der Waals surface area contributed by atoms with Crippen molar-refractivity contribution in [1.29, 1.82) is 0 Å². The lowest BCUT2D eigenvalue weighted by atomic mass is 10.1. The summed E-state index contributed by atoms with van der Waals surface area (Å²) in [5.74, 6) is 0.0396. The fourth-order valence-electron chi connectivity index (χ4n) is 2.79. The van der Waals surface area contributed by atoms with Crippen LogP contribution in [0, 0.1) is 0 Å². The quantitative estimate of drug-likeness (QED) is 0.498. The molecule has 0 aliphatic rings. The van der Waals surface area contributed by atoms with E-state index in [1.807, 2.05) is 36.6 Å². The average Bonchev–Trinajstić information content (AvgIpc) is 3.28. The fourth-order valence-corrected chi connectivity index (χ4v) is 4.12. The van der Waals surface area contributed by atoms with Crippen LogP contribution in [0.25, 0.3) is 10.6 Å². The van der Waals surface area contributed by atoms with Crippen molar-refractivity contribution in [2.45, 2.75) is 32.6 Å². The van der Waals surface area contributed by atoms with Crippen molar-refractivity contribution in [3.63, 3.8) is 0 Å². The van der Waals surface area contributed by atoms with Crippen LogP contribution < -0.4 is 14.8 Å². The van der Waals surface area contributed by atoms with E-state index in [4.69, 9.17) is 4.74 Å². The summed E-state index contributed by atoms with van der Waals surface area (Å²) in [5.41, 5.74) is 2.49. The molecule has 7 nitrogen and oxygen atoms in total. The smallest absolute Gasteiger partial charge is 0.255 e. The molecule has 1 heterocycles. The molecule has 164 valence electrons. The highest BCUT2D eigenvalue weighted by atomic mass is 32.2. The van der Waals surface area contributed by atoms with Crippen molar-refractivity contribution in [1.82, 2.24) is 10.3 Å². The molecule has 2 N–H and O–H groups in total. The van der Waals surface area contributed by atoms with Crippen LogP contribution in [0.2, 0.25) is 0 Å². The number of nitrogens with one attached hydrogen (secondary N) is 2. The SMILES string of the molecule is CCOc1ccc(NS(=O)(=O)C(C)C)cc1C(=O)NCc1cccc(-c2nccs2)c1. The topological polar surface area (TPSA) is 97.4 Å². The van der Waals surface area contributed by atoms with E-state index in [1.165, 1.54) is 6.07 Å². The van der Waals surface area contributed by atoms with E-state index in [0.717, 1.165) is 16.1 Å². The molecule has 3 aromatic rings. The van der Waals surface area contributed by atoms with Gasteiger partial charge in [0, 0.05) is 29.4 Å². The first-order valence-electron chi connectivity index (χ1n) is 9.85. The Bertz CT molecular complexity index is 1140. The Balaban J connectivity index is 1.78. The number of aromatic nitrogens is 1. The van der Waals surface area contributed by atoms with Gasteiger partial charge in [0.1, 0.15) is 10.8 Å². The second-order valence-electron chi connectivity index (χ2n) is 7.06. The third-order valence-corrected chi connectivity index (χ3v) is 7.05.